The molecule has 4 nitrogen and oxygen atoms in total. The van der Waals surface area contributed by atoms with Gasteiger partial charge in [0.25, 0.3) is 0 Å². The van der Waals surface area contributed by atoms with Crippen molar-refractivity contribution in [1.82, 2.24) is 0 Å². The first-order valence-corrected chi connectivity index (χ1v) is 6.39. The molecular weight excluding hydrogens is 297 g/mol. The highest BCUT2D eigenvalue weighted by atomic mass is 35.5. The Morgan fingerprint density at radius 3 is 2.55 bits per heavy atom. The van der Waals surface area contributed by atoms with Gasteiger partial charge in [-0.2, -0.15) is 0 Å². The highest BCUT2D eigenvalue weighted by Crippen LogP contribution is 2.13. The molecule has 1 heterocycles. The Kier molecular flexibility index (Phi) is 9.46. The predicted octanol–water partition coefficient (Wildman–Crippen LogP) is -6.92. The van der Waals surface area contributed by atoms with Gasteiger partial charge in [-0.05, 0) is 12.5 Å². The van der Waals surface area contributed by atoms with Gasteiger partial charge in [-0.3, -0.25) is 4.90 Å². The van der Waals surface area contributed by atoms with Crippen LogP contribution in [0.2, 0.25) is 0 Å². The largest absolute Gasteiger partial charge is 1.00 e. The summed E-state index contributed by atoms with van der Waals surface area (Å²) >= 11 is 0. The standard InChI is InChI=1S/C14H19N3O.2ClH/c1-12(14(18)13-5-3-2-4-6-13)16-8-10-17-9-7-15-11-17;;/h2-7,9,11-12,14,16,18H,8,10H2,1H3;2*1H. The zero-order chi connectivity index (χ0) is 12.8. The SMILES string of the molecule is CC([NH2+]CC[NH+]1C=CN=C1)C(O)c1ccccc1.[Cl-].[Cl-]. The summed E-state index contributed by atoms with van der Waals surface area (Å²) in [6.07, 6.45) is 5.33. The quantitative estimate of drug-likeness (QED) is 0.480. The lowest BCUT2D eigenvalue weighted by atomic mass is 10.0. The number of aliphatic hydroxyl groups excluding tert-OH is 1. The molecule has 1 aromatic carbocycles. The fourth-order valence-electron chi connectivity index (χ4n) is 2.06. The van der Waals surface area contributed by atoms with E-state index in [-0.39, 0.29) is 30.9 Å². The van der Waals surface area contributed by atoms with Crippen molar-refractivity contribution in [1.29, 1.82) is 0 Å². The van der Waals surface area contributed by atoms with Crippen molar-refractivity contribution >= 4 is 6.34 Å². The summed E-state index contributed by atoms with van der Waals surface area (Å²) in [5.74, 6) is 0. The Bertz CT molecular complexity index is 414. The number of nitrogens with two attached hydrogens (primary N) is 1. The second-order valence-corrected chi connectivity index (χ2v) is 4.66. The smallest absolute Gasteiger partial charge is 0.193 e. The van der Waals surface area contributed by atoms with Crippen molar-refractivity contribution in [3.8, 4) is 0 Å². The molecule has 0 spiro atoms. The Balaban J connectivity index is 0.00000180. The number of aliphatic imine (C=N–C) groups is 1. The van der Waals surface area contributed by atoms with Crippen molar-refractivity contribution in [3.05, 3.63) is 48.3 Å². The minimum Gasteiger partial charge on any atom is -1.00 e. The summed E-state index contributed by atoms with van der Waals surface area (Å²) in [6.45, 7) is 4.02. The first-order chi connectivity index (χ1) is 8.77. The van der Waals surface area contributed by atoms with Gasteiger partial charge in [0.15, 0.2) is 6.34 Å². The topological polar surface area (TPSA) is 53.6 Å². The summed E-state index contributed by atoms with van der Waals surface area (Å²) in [5, 5.41) is 12.4. The third kappa shape index (κ3) is 5.61. The lowest BCUT2D eigenvalue weighted by Crippen LogP contribution is -3.09. The lowest BCUT2D eigenvalue weighted by Gasteiger charge is -2.17. The van der Waals surface area contributed by atoms with E-state index in [0.29, 0.717) is 0 Å². The molecule has 1 aliphatic heterocycles. The van der Waals surface area contributed by atoms with Crippen molar-refractivity contribution in [3.63, 3.8) is 0 Å². The third-order valence-corrected chi connectivity index (χ3v) is 3.23. The molecule has 0 radical (unpaired) electrons. The van der Waals surface area contributed by atoms with Crippen LogP contribution in [-0.2, 0) is 0 Å². The Hall–Kier alpha value is -0.910. The number of hydrogen-bond acceptors (Lipinski definition) is 2. The maximum absolute atomic E-state index is 10.2. The first-order valence-electron chi connectivity index (χ1n) is 6.39. The van der Waals surface area contributed by atoms with Crippen LogP contribution in [0, 0.1) is 0 Å². The van der Waals surface area contributed by atoms with Crippen molar-refractivity contribution < 1.29 is 40.1 Å². The van der Waals surface area contributed by atoms with Gasteiger partial charge in [-0.25, -0.2) is 4.99 Å². The van der Waals surface area contributed by atoms with Gasteiger partial charge in [0.2, 0.25) is 0 Å². The highest BCUT2D eigenvalue weighted by Gasteiger charge is 2.19. The molecule has 6 heteroatoms. The first kappa shape index (κ1) is 19.1. The Labute approximate surface area is 132 Å². The molecule has 0 bridgehead atoms. The normalized spacial score (nSPS) is 19.0. The van der Waals surface area contributed by atoms with E-state index in [4.69, 9.17) is 0 Å². The van der Waals surface area contributed by atoms with E-state index in [1.807, 2.05) is 49.1 Å². The molecular formula is C14H21Cl2N3O. The molecule has 1 aliphatic rings. The van der Waals surface area contributed by atoms with E-state index in [0.717, 1.165) is 18.7 Å². The van der Waals surface area contributed by atoms with Crippen LogP contribution in [0.1, 0.15) is 18.6 Å². The van der Waals surface area contributed by atoms with Crippen LogP contribution in [0.15, 0.2) is 47.7 Å². The molecule has 0 aromatic heterocycles. The summed E-state index contributed by atoms with van der Waals surface area (Å²) in [7, 11) is 0. The van der Waals surface area contributed by atoms with Gasteiger partial charge < -0.3 is 35.2 Å². The van der Waals surface area contributed by atoms with Crippen molar-refractivity contribution in [2.75, 3.05) is 13.1 Å². The Morgan fingerprint density at radius 1 is 1.25 bits per heavy atom. The number of halogens is 2. The molecule has 0 saturated carbocycles. The van der Waals surface area contributed by atoms with Gasteiger partial charge in [0.1, 0.15) is 31.4 Å². The molecule has 2 rings (SSSR count). The van der Waals surface area contributed by atoms with E-state index in [9.17, 15) is 5.11 Å². The van der Waals surface area contributed by atoms with Gasteiger partial charge in [0, 0.05) is 0 Å². The summed E-state index contributed by atoms with van der Waals surface area (Å²) < 4.78 is 0. The number of rotatable bonds is 6. The fraction of sp³-hybridized carbons (Fsp3) is 0.357. The average Bonchev–Trinajstić information content (AvgIpc) is 2.92. The maximum atomic E-state index is 10.2. The second kappa shape index (κ2) is 9.91. The number of aliphatic hydroxyl groups is 1. The number of benzene rings is 1. The number of quaternary nitrogens is 2. The number of nitrogens with one attached hydrogen (secondary N) is 1. The van der Waals surface area contributed by atoms with E-state index in [1.165, 1.54) is 4.90 Å². The van der Waals surface area contributed by atoms with Crippen LogP contribution in [0.3, 0.4) is 0 Å². The fourth-order valence-corrected chi connectivity index (χ4v) is 2.06. The molecule has 0 amide bonds. The summed E-state index contributed by atoms with van der Waals surface area (Å²) in [4.78, 5) is 5.30. The van der Waals surface area contributed by atoms with Crippen LogP contribution in [0.4, 0.5) is 0 Å². The average molecular weight is 318 g/mol. The molecule has 20 heavy (non-hydrogen) atoms. The summed E-state index contributed by atoms with van der Waals surface area (Å²) in [5.41, 5.74) is 0.983. The van der Waals surface area contributed by atoms with Crippen LogP contribution in [0.5, 0.6) is 0 Å². The number of nitrogens with zero attached hydrogens (tertiary/aromatic N) is 1. The minimum absolute atomic E-state index is 0. The molecule has 0 aliphatic carbocycles. The van der Waals surface area contributed by atoms with E-state index in [1.54, 1.807) is 0 Å². The van der Waals surface area contributed by atoms with Gasteiger partial charge in [0.05, 0.1) is 6.20 Å². The molecule has 0 saturated heterocycles. The molecule has 112 valence electrons. The van der Waals surface area contributed by atoms with Crippen LogP contribution < -0.4 is 35.0 Å². The van der Waals surface area contributed by atoms with Crippen LogP contribution in [0.25, 0.3) is 0 Å². The van der Waals surface area contributed by atoms with Crippen LogP contribution >= 0.6 is 0 Å². The highest BCUT2D eigenvalue weighted by molar-refractivity contribution is 5.47. The van der Waals surface area contributed by atoms with Gasteiger partial charge in [-0.1, -0.05) is 30.3 Å². The van der Waals surface area contributed by atoms with Crippen molar-refractivity contribution in [2.45, 2.75) is 19.1 Å². The zero-order valence-electron chi connectivity index (χ0n) is 11.4. The zero-order valence-corrected chi connectivity index (χ0v) is 12.9. The number of hydrogen-bond donors (Lipinski definition) is 3. The van der Waals surface area contributed by atoms with Gasteiger partial charge >= 0.3 is 0 Å². The third-order valence-electron chi connectivity index (χ3n) is 3.23. The maximum Gasteiger partial charge on any atom is 0.193 e. The van der Waals surface area contributed by atoms with E-state index >= 15 is 0 Å². The van der Waals surface area contributed by atoms with E-state index in [2.05, 4.69) is 17.2 Å². The second-order valence-electron chi connectivity index (χ2n) is 4.66. The molecule has 4 N–H and O–H groups in total. The lowest BCUT2D eigenvalue weighted by molar-refractivity contribution is -0.784. The molecule has 3 unspecified atom stereocenters. The van der Waals surface area contributed by atoms with E-state index < -0.39 is 6.10 Å². The predicted molar refractivity (Wildman–Crippen MR) is 71.1 cm³/mol. The molecule has 0 fully saturated rings. The van der Waals surface area contributed by atoms with Crippen molar-refractivity contribution in [2.24, 2.45) is 4.99 Å². The van der Waals surface area contributed by atoms with Crippen LogP contribution in [-0.4, -0.2) is 30.6 Å². The monoisotopic (exact) mass is 317 g/mol. The summed E-state index contributed by atoms with van der Waals surface area (Å²) in [6, 6.07) is 9.98. The molecule has 3 atom stereocenters. The Morgan fingerprint density at radius 2 is 1.95 bits per heavy atom. The minimum atomic E-state index is -0.413. The molecule has 1 aromatic rings. The van der Waals surface area contributed by atoms with Gasteiger partial charge in [-0.15, -0.1) is 0 Å².